The number of hydrogen-bond acceptors (Lipinski definition) is 6. The molecule has 3 heterocycles. The van der Waals surface area contributed by atoms with Gasteiger partial charge in [0.05, 0.1) is 10.9 Å². The average Bonchev–Trinajstić information content (AvgIpc) is 3.38. The van der Waals surface area contributed by atoms with Gasteiger partial charge in [0.15, 0.2) is 0 Å². The molecule has 0 aliphatic carbocycles. The smallest absolute Gasteiger partial charge is 0.222 e. The SMILES string of the molecule is O=C(CCCn1nnc(-c2ccccc2)n1)N1CCN(Cc2ccc(Cl)s2)CC1. The fraction of sp³-hybridized carbons (Fsp3) is 0.400. The predicted octanol–water partition coefficient (Wildman–Crippen LogP) is 3.18. The summed E-state index contributed by atoms with van der Waals surface area (Å²) in [4.78, 5) is 19.7. The molecule has 0 bridgehead atoms. The minimum Gasteiger partial charge on any atom is -0.340 e. The normalized spacial score (nSPS) is 15.0. The van der Waals surface area contributed by atoms with Crippen LogP contribution in [0.2, 0.25) is 4.34 Å². The van der Waals surface area contributed by atoms with Crippen LogP contribution >= 0.6 is 22.9 Å². The number of piperazine rings is 1. The molecule has 0 radical (unpaired) electrons. The highest BCUT2D eigenvalue weighted by Gasteiger charge is 2.21. The Morgan fingerprint density at radius 3 is 2.59 bits per heavy atom. The Bertz CT molecular complexity index is 935. The Labute approximate surface area is 178 Å². The second-order valence-electron chi connectivity index (χ2n) is 7.04. The number of benzene rings is 1. The molecule has 0 N–H and O–H groups in total. The largest absolute Gasteiger partial charge is 0.340 e. The van der Waals surface area contributed by atoms with Crippen molar-refractivity contribution in [2.24, 2.45) is 0 Å². The van der Waals surface area contributed by atoms with Gasteiger partial charge in [0.1, 0.15) is 0 Å². The number of rotatable bonds is 7. The summed E-state index contributed by atoms with van der Waals surface area (Å²) in [5, 5.41) is 12.6. The molecule has 4 rings (SSSR count). The molecule has 29 heavy (non-hydrogen) atoms. The van der Waals surface area contributed by atoms with E-state index in [9.17, 15) is 4.79 Å². The molecular weight excluding hydrogens is 408 g/mol. The van der Waals surface area contributed by atoms with Crippen LogP contribution in [0.1, 0.15) is 17.7 Å². The van der Waals surface area contributed by atoms with Gasteiger partial charge in [0.25, 0.3) is 0 Å². The van der Waals surface area contributed by atoms with E-state index in [4.69, 9.17) is 11.6 Å². The third-order valence-electron chi connectivity index (χ3n) is 4.97. The maximum atomic E-state index is 12.5. The number of thiophene rings is 1. The highest BCUT2D eigenvalue weighted by molar-refractivity contribution is 7.16. The molecule has 0 unspecified atom stereocenters. The van der Waals surface area contributed by atoms with Crippen molar-refractivity contribution >= 4 is 28.8 Å². The number of halogens is 1. The van der Waals surface area contributed by atoms with Gasteiger partial charge in [-0.2, -0.15) is 4.80 Å². The van der Waals surface area contributed by atoms with E-state index in [1.807, 2.05) is 41.3 Å². The number of aryl methyl sites for hydroxylation is 1. The van der Waals surface area contributed by atoms with E-state index in [1.54, 1.807) is 16.1 Å². The molecule has 0 atom stereocenters. The van der Waals surface area contributed by atoms with Crippen molar-refractivity contribution in [3.8, 4) is 11.4 Å². The molecule has 1 saturated heterocycles. The van der Waals surface area contributed by atoms with Crippen molar-refractivity contribution in [3.05, 3.63) is 51.7 Å². The van der Waals surface area contributed by atoms with Crippen LogP contribution in [0.5, 0.6) is 0 Å². The third-order valence-corrected chi connectivity index (χ3v) is 6.18. The van der Waals surface area contributed by atoms with Crippen LogP contribution < -0.4 is 0 Å². The number of carbonyl (C=O) groups excluding carboxylic acids is 1. The zero-order valence-corrected chi connectivity index (χ0v) is 17.6. The van der Waals surface area contributed by atoms with Gasteiger partial charge in [-0.25, -0.2) is 0 Å². The maximum Gasteiger partial charge on any atom is 0.222 e. The summed E-state index contributed by atoms with van der Waals surface area (Å²) in [6, 6.07) is 13.8. The molecule has 0 spiro atoms. The van der Waals surface area contributed by atoms with Crippen molar-refractivity contribution in [3.63, 3.8) is 0 Å². The van der Waals surface area contributed by atoms with E-state index in [-0.39, 0.29) is 5.91 Å². The van der Waals surface area contributed by atoms with Gasteiger partial charge in [-0.15, -0.1) is 21.5 Å². The Kier molecular flexibility index (Phi) is 6.53. The van der Waals surface area contributed by atoms with Crippen LogP contribution in [0.15, 0.2) is 42.5 Å². The summed E-state index contributed by atoms with van der Waals surface area (Å²) in [6.45, 7) is 4.83. The number of hydrogen-bond donors (Lipinski definition) is 0. The number of nitrogens with zero attached hydrogens (tertiary/aromatic N) is 6. The van der Waals surface area contributed by atoms with Gasteiger partial charge >= 0.3 is 0 Å². The second-order valence-corrected chi connectivity index (χ2v) is 8.84. The molecule has 1 amide bonds. The molecule has 1 aliphatic rings. The van der Waals surface area contributed by atoms with E-state index in [1.165, 1.54) is 4.88 Å². The summed E-state index contributed by atoms with van der Waals surface area (Å²) >= 11 is 7.62. The molecule has 7 nitrogen and oxygen atoms in total. The Morgan fingerprint density at radius 1 is 1.07 bits per heavy atom. The third kappa shape index (κ3) is 5.41. The van der Waals surface area contributed by atoms with Crippen LogP contribution in [0.25, 0.3) is 11.4 Å². The van der Waals surface area contributed by atoms with Crippen molar-refractivity contribution in [2.75, 3.05) is 26.2 Å². The van der Waals surface area contributed by atoms with Gasteiger partial charge < -0.3 is 4.90 Å². The van der Waals surface area contributed by atoms with Crippen LogP contribution in [-0.2, 0) is 17.9 Å². The lowest BCUT2D eigenvalue weighted by molar-refractivity contribution is -0.133. The molecular formula is C20H23ClN6OS. The average molecular weight is 431 g/mol. The molecule has 1 fully saturated rings. The molecule has 1 aromatic carbocycles. The Hall–Kier alpha value is -2.29. The maximum absolute atomic E-state index is 12.5. The molecule has 2 aromatic heterocycles. The first-order chi connectivity index (χ1) is 14.2. The summed E-state index contributed by atoms with van der Waals surface area (Å²) in [5.41, 5.74) is 0.942. The minimum absolute atomic E-state index is 0.201. The summed E-state index contributed by atoms with van der Waals surface area (Å²) in [7, 11) is 0. The van der Waals surface area contributed by atoms with Crippen LogP contribution in [0.3, 0.4) is 0 Å². The lowest BCUT2D eigenvalue weighted by Gasteiger charge is -2.34. The second kappa shape index (κ2) is 9.47. The van der Waals surface area contributed by atoms with Gasteiger partial charge in [-0.05, 0) is 23.8 Å². The van der Waals surface area contributed by atoms with Gasteiger partial charge in [0.2, 0.25) is 11.7 Å². The lowest BCUT2D eigenvalue weighted by Crippen LogP contribution is -2.48. The lowest BCUT2D eigenvalue weighted by atomic mass is 10.2. The van der Waals surface area contributed by atoms with Crippen molar-refractivity contribution in [1.82, 2.24) is 30.0 Å². The topological polar surface area (TPSA) is 67.2 Å². The van der Waals surface area contributed by atoms with Crippen molar-refractivity contribution < 1.29 is 4.79 Å². The number of amides is 1. The minimum atomic E-state index is 0.201. The molecule has 152 valence electrons. The van der Waals surface area contributed by atoms with E-state index >= 15 is 0 Å². The van der Waals surface area contributed by atoms with Gasteiger partial charge in [-0.1, -0.05) is 41.9 Å². The van der Waals surface area contributed by atoms with Crippen LogP contribution in [0.4, 0.5) is 0 Å². The first-order valence-corrected chi connectivity index (χ1v) is 10.9. The fourth-order valence-electron chi connectivity index (χ4n) is 3.38. The predicted molar refractivity (Wildman–Crippen MR) is 114 cm³/mol. The summed E-state index contributed by atoms with van der Waals surface area (Å²) in [5.74, 6) is 0.812. The Balaban J connectivity index is 1.18. The quantitative estimate of drug-likeness (QED) is 0.576. The van der Waals surface area contributed by atoms with Crippen molar-refractivity contribution in [2.45, 2.75) is 25.9 Å². The fourth-order valence-corrected chi connectivity index (χ4v) is 4.51. The van der Waals surface area contributed by atoms with Gasteiger partial charge in [-0.3, -0.25) is 9.69 Å². The number of carbonyl (C=O) groups is 1. The first kappa shape index (κ1) is 20.0. The van der Waals surface area contributed by atoms with E-state index < -0.39 is 0 Å². The zero-order valence-electron chi connectivity index (χ0n) is 16.1. The standard InChI is InChI=1S/C20H23ClN6OS/c21-18-9-8-17(29-18)15-25-11-13-26(14-12-25)19(28)7-4-10-27-23-20(22-24-27)16-5-2-1-3-6-16/h1-3,5-6,8-9H,4,7,10-15H2. The van der Waals surface area contributed by atoms with E-state index in [2.05, 4.69) is 26.4 Å². The Morgan fingerprint density at radius 2 is 1.86 bits per heavy atom. The zero-order chi connectivity index (χ0) is 20.1. The van der Waals surface area contributed by atoms with Gasteiger partial charge in [0, 0.05) is 49.6 Å². The molecule has 3 aromatic rings. The monoisotopic (exact) mass is 430 g/mol. The first-order valence-electron chi connectivity index (χ1n) is 9.75. The number of tetrazole rings is 1. The van der Waals surface area contributed by atoms with Crippen molar-refractivity contribution in [1.29, 1.82) is 0 Å². The molecule has 1 aliphatic heterocycles. The summed E-state index contributed by atoms with van der Waals surface area (Å²) < 4.78 is 0.826. The van der Waals surface area contributed by atoms with Crippen LogP contribution in [0, 0.1) is 0 Å². The van der Waals surface area contributed by atoms with E-state index in [0.717, 1.165) is 42.6 Å². The van der Waals surface area contributed by atoms with E-state index in [0.29, 0.717) is 25.2 Å². The summed E-state index contributed by atoms with van der Waals surface area (Å²) in [6.07, 6.45) is 1.21. The highest BCUT2D eigenvalue weighted by Crippen LogP contribution is 2.23. The molecule has 0 saturated carbocycles. The molecule has 9 heteroatoms. The highest BCUT2D eigenvalue weighted by atomic mass is 35.5. The van der Waals surface area contributed by atoms with Crippen LogP contribution in [-0.4, -0.2) is 62.1 Å². The number of aromatic nitrogens is 4.